The molecule has 0 amide bonds. The largest absolute Gasteiger partial charge is 0.497 e. The number of hydrogen-bond acceptors (Lipinski definition) is 3. The topological polar surface area (TPSA) is 30.5 Å². The molecule has 0 atom stereocenters. The first-order valence-corrected chi connectivity index (χ1v) is 7.34. The SMILES string of the molecule is CCCNCc1cc(OC)ccc1OCCC1CC1. The molecule has 3 heteroatoms. The van der Waals surface area contributed by atoms with Crippen molar-refractivity contribution in [2.24, 2.45) is 5.92 Å². The Balaban J connectivity index is 1.92. The van der Waals surface area contributed by atoms with Gasteiger partial charge < -0.3 is 14.8 Å². The van der Waals surface area contributed by atoms with Crippen LogP contribution in [0.15, 0.2) is 18.2 Å². The first-order valence-electron chi connectivity index (χ1n) is 7.34. The van der Waals surface area contributed by atoms with Gasteiger partial charge in [0.1, 0.15) is 11.5 Å². The van der Waals surface area contributed by atoms with Crippen LogP contribution in [0, 0.1) is 5.92 Å². The van der Waals surface area contributed by atoms with Gasteiger partial charge >= 0.3 is 0 Å². The van der Waals surface area contributed by atoms with E-state index in [4.69, 9.17) is 9.47 Å². The second-order valence-electron chi connectivity index (χ2n) is 5.23. The summed E-state index contributed by atoms with van der Waals surface area (Å²) in [4.78, 5) is 0. The molecule has 1 N–H and O–H groups in total. The van der Waals surface area contributed by atoms with Crippen molar-refractivity contribution in [3.63, 3.8) is 0 Å². The summed E-state index contributed by atoms with van der Waals surface area (Å²) in [6, 6.07) is 6.06. The van der Waals surface area contributed by atoms with Gasteiger partial charge in [-0.25, -0.2) is 0 Å². The molecule has 0 unspecified atom stereocenters. The average molecular weight is 263 g/mol. The van der Waals surface area contributed by atoms with E-state index >= 15 is 0 Å². The highest BCUT2D eigenvalue weighted by Gasteiger charge is 2.20. The highest BCUT2D eigenvalue weighted by Crippen LogP contribution is 2.32. The number of hydrogen-bond donors (Lipinski definition) is 1. The molecule has 0 bridgehead atoms. The van der Waals surface area contributed by atoms with Gasteiger partial charge in [-0.1, -0.05) is 19.8 Å². The van der Waals surface area contributed by atoms with E-state index in [1.807, 2.05) is 12.1 Å². The van der Waals surface area contributed by atoms with Crippen molar-refractivity contribution in [1.29, 1.82) is 0 Å². The summed E-state index contributed by atoms with van der Waals surface area (Å²) in [6.07, 6.45) is 5.10. The molecule has 1 aromatic carbocycles. The minimum absolute atomic E-state index is 0.831. The third-order valence-corrected chi connectivity index (χ3v) is 3.49. The van der Waals surface area contributed by atoms with E-state index in [9.17, 15) is 0 Å². The predicted molar refractivity (Wildman–Crippen MR) is 77.8 cm³/mol. The maximum atomic E-state index is 5.92. The first kappa shape index (κ1) is 14.2. The highest BCUT2D eigenvalue weighted by molar-refractivity contribution is 5.40. The molecule has 1 aliphatic rings. The lowest BCUT2D eigenvalue weighted by Crippen LogP contribution is -2.15. The van der Waals surface area contributed by atoms with Crippen LogP contribution in [0.3, 0.4) is 0 Å². The van der Waals surface area contributed by atoms with Crippen LogP contribution in [-0.4, -0.2) is 20.3 Å². The standard InChI is InChI=1S/C16H25NO2/c1-3-9-17-12-14-11-15(18-2)6-7-16(14)19-10-8-13-4-5-13/h6-7,11,13,17H,3-5,8-10,12H2,1-2H3. The van der Waals surface area contributed by atoms with E-state index in [0.717, 1.165) is 43.5 Å². The minimum atomic E-state index is 0.831. The molecule has 0 saturated heterocycles. The fourth-order valence-corrected chi connectivity index (χ4v) is 2.10. The second-order valence-corrected chi connectivity index (χ2v) is 5.23. The van der Waals surface area contributed by atoms with Crippen LogP contribution >= 0.6 is 0 Å². The first-order chi connectivity index (χ1) is 9.33. The van der Waals surface area contributed by atoms with E-state index in [1.54, 1.807) is 7.11 Å². The van der Waals surface area contributed by atoms with Gasteiger partial charge in [-0.3, -0.25) is 0 Å². The third kappa shape index (κ3) is 4.75. The van der Waals surface area contributed by atoms with Crippen molar-refractivity contribution in [2.75, 3.05) is 20.3 Å². The van der Waals surface area contributed by atoms with Gasteiger partial charge in [-0.2, -0.15) is 0 Å². The van der Waals surface area contributed by atoms with E-state index in [1.165, 1.54) is 24.8 Å². The maximum Gasteiger partial charge on any atom is 0.124 e. The monoisotopic (exact) mass is 263 g/mol. The van der Waals surface area contributed by atoms with Gasteiger partial charge in [0, 0.05) is 12.1 Å². The van der Waals surface area contributed by atoms with Crippen molar-refractivity contribution >= 4 is 0 Å². The lowest BCUT2D eigenvalue weighted by molar-refractivity contribution is 0.298. The summed E-state index contributed by atoms with van der Waals surface area (Å²) in [5.41, 5.74) is 1.18. The van der Waals surface area contributed by atoms with Gasteiger partial charge in [0.05, 0.1) is 13.7 Å². The quantitative estimate of drug-likeness (QED) is 0.693. The highest BCUT2D eigenvalue weighted by atomic mass is 16.5. The molecule has 1 fully saturated rings. The molecule has 0 heterocycles. The molecule has 0 aliphatic heterocycles. The smallest absolute Gasteiger partial charge is 0.124 e. The Morgan fingerprint density at radius 2 is 2.16 bits per heavy atom. The van der Waals surface area contributed by atoms with Crippen molar-refractivity contribution in [3.05, 3.63) is 23.8 Å². The van der Waals surface area contributed by atoms with Gasteiger partial charge in [0.2, 0.25) is 0 Å². The van der Waals surface area contributed by atoms with Crippen LogP contribution in [0.25, 0.3) is 0 Å². The number of nitrogens with one attached hydrogen (secondary N) is 1. The zero-order valence-electron chi connectivity index (χ0n) is 12.1. The van der Waals surface area contributed by atoms with Gasteiger partial charge in [0.25, 0.3) is 0 Å². The number of ether oxygens (including phenoxy) is 2. The Hall–Kier alpha value is -1.22. The third-order valence-electron chi connectivity index (χ3n) is 3.49. The summed E-state index contributed by atoms with van der Waals surface area (Å²) in [7, 11) is 1.70. The predicted octanol–water partition coefficient (Wildman–Crippen LogP) is 3.37. The Morgan fingerprint density at radius 1 is 1.32 bits per heavy atom. The summed E-state index contributed by atoms with van der Waals surface area (Å²) in [6.45, 7) is 4.87. The molecule has 1 aliphatic carbocycles. The molecule has 0 radical (unpaired) electrons. The lowest BCUT2D eigenvalue weighted by atomic mass is 10.2. The maximum absolute atomic E-state index is 5.92. The molecular weight excluding hydrogens is 238 g/mol. The van der Waals surface area contributed by atoms with Crippen LogP contribution in [-0.2, 0) is 6.54 Å². The Morgan fingerprint density at radius 3 is 2.84 bits per heavy atom. The molecule has 3 nitrogen and oxygen atoms in total. The zero-order valence-corrected chi connectivity index (χ0v) is 12.1. The van der Waals surface area contributed by atoms with Crippen molar-refractivity contribution < 1.29 is 9.47 Å². The van der Waals surface area contributed by atoms with Crippen molar-refractivity contribution in [3.8, 4) is 11.5 Å². The summed E-state index contributed by atoms with van der Waals surface area (Å²) in [5.74, 6) is 2.80. The normalized spacial score (nSPS) is 14.4. The molecule has 0 spiro atoms. The summed E-state index contributed by atoms with van der Waals surface area (Å²) >= 11 is 0. The number of rotatable bonds is 9. The Kier molecular flexibility index (Phi) is 5.52. The zero-order chi connectivity index (χ0) is 13.5. The summed E-state index contributed by atoms with van der Waals surface area (Å²) in [5, 5.41) is 3.42. The van der Waals surface area contributed by atoms with Crippen LogP contribution < -0.4 is 14.8 Å². The van der Waals surface area contributed by atoms with Crippen LogP contribution in [0.1, 0.15) is 38.2 Å². The van der Waals surface area contributed by atoms with Crippen LogP contribution in [0.4, 0.5) is 0 Å². The minimum Gasteiger partial charge on any atom is -0.497 e. The van der Waals surface area contributed by atoms with Crippen molar-refractivity contribution in [1.82, 2.24) is 5.32 Å². The second kappa shape index (κ2) is 7.39. The molecular formula is C16H25NO2. The molecule has 1 aromatic rings. The molecule has 106 valence electrons. The van der Waals surface area contributed by atoms with Gasteiger partial charge in [-0.05, 0) is 43.5 Å². The van der Waals surface area contributed by atoms with Crippen molar-refractivity contribution in [2.45, 2.75) is 39.2 Å². The molecule has 0 aromatic heterocycles. The van der Waals surface area contributed by atoms with Gasteiger partial charge in [0.15, 0.2) is 0 Å². The van der Waals surface area contributed by atoms with E-state index < -0.39 is 0 Å². The van der Waals surface area contributed by atoms with E-state index in [2.05, 4.69) is 18.3 Å². The lowest BCUT2D eigenvalue weighted by Gasteiger charge is -2.13. The van der Waals surface area contributed by atoms with Crippen LogP contribution in [0.2, 0.25) is 0 Å². The number of benzene rings is 1. The number of methoxy groups -OCH3 is 1. The Labute approximate surface area is 116 Å². The van der Waals surface area contributed by atoms with E-state index in [-0.39, 0.29) is 0 Å². The fourth-order valence-electron chi connectivity index (χ4n) is 2.10. The molecule has 2 rings (SSSR count). The Bertz CT molecular complexity index is 388. The fraction of sp³-hybridized carbons (Fsp3) is 0.625. The molecule has 19 heavy (non-hydrogen) atoms. The molecule has 1 saturated carbocycles. The average Bonchev–Trinajstić information content (AvgIpc) is 3.24. The van der Waals surface area contributed by atoms with Crippen LogP contribution in [0.5, 0.6) is 11.5 Å². The van der Waals surface area contributed by atoms with E-state index in [0.29, 0.717) is 0 Å². The summed E-state index contributed by atoms with van der Waals surface area (Å²) < 4.78 is 11.2. The van der Waals surface area contributed by atoms with Gasteiger partial charge in [-0.15, -0.1) is 0 Å².